The molecule has 5 nitrogen and oxygen atoms in total. The highest BCUT2D eigenvalue weighted by atomic mass is 16.5. The summed E-state index contributed by atoms with van der Waals surface area (Å²) in [6, 6.07) is 0.0611. The molecule has 3 fully saturated rings. The van der Waals surface area contributed by atoms with Gasteiger partial charge in [0.25, 0.3) is 0 Å². The Morgan fingerprint density at radius 2 is 1.71 bits per heavy atom. The van der Waals surface area contributed by atoms with Gasteiger partial charge in [-0.2, -0.15) is 0 Å². The van der Waals surface area contributed by atoms with Crippen molar-refractivity contribution >= 4 is 5.91 Å². The standard InChI is InChI=1S/C19H34N2O3/c1-15(2)18(20-9-4-3-5-10-20)19(22)21-11-6-16(7-12-21)24-17-8-13-23-14-17/h15-18H,3-14H2,1-2H3/t17-,18+/m0/s1. The topological polar surface area (TPSA) is 42.0 Å². The summed E-state index contributed by atoms with van der Waals surface area (Å²) >= 11 is 0. The Morgan fingerprint density at radius 1 is 1.00 bits per heavy atom. The maximum Gasteiger partial charge on any atom is 0.240 e. The molecule has 24 heavy (non-hydrogen) atoms. The lowest BCUT2D eigenvalue weighted by Gasteiger charge is -2.41. The zero-order valence-corrected chi connectivity index (χ0v) is 15.4. The van der Waals surface area contributed by atoms with Gasteiger partial charge in [0.15, 0.2) is 0 Å². The molecule has 3 aliphatic heterocycles. The van der Waals surface area contributed by atoms with Crippen molar-refractivity contribution in [1.82, 2.24) is 9.80 Å². The molecule has 3 aliphatic rings. The van der Waals surface area contributed by atoms with Crippen LogP contribution in [0, 0.1) is 5.92 Å². The molecule has 3 saturated heterocycles. The molecule has 0 N–H and O–H groups in total. The van der Waals surface area contributed by atoms with E-state index in [1.54, 1.807) is 0 Å². The second kappa shape index (κ2) is 8.63. The van der Waals surface area contributed by atoms with E-state index in [1.165, 1.54) is 19.3 Å². The van der Waals surface area contributed by atoms with Crippen LogP contribution in [0.1, 0.15) is 52.4 Å². The zero-order valence-electron chi connectivity index (χ0n) is 15.4. The van der Waals surface area contributed by atoms with Crippen molar-refractivity contribution in [3.63, 3.8) is 0 Å². The third-order valence-corrected chi connectivity index (χ3v) is 5.70. The van der Waals surface area contributed by atoms with Crippen LogP contribution >= 0.6 is 0 Å². The number of ether oxygens (including phenoxy) is 2. The second-order valence-electron chi connectivity index (χ2n) is 7.93. The lowest BCUT2D eigenvalue weighted by molar-refractivity contribution is -0.142. The average Bonchev–Trinajstić information content (AvgIpc) is 3.09. The number of carbonyl (C=O) groups is 1. The van der Waals surface area contributed by atoms with E-state index in [2.05, 4.69) is 23.6 Å². The van der Waals surface area contributed by atoms with Gasteiger partial charge in [0, 0.05) is 19.7 Å². The summed E-state index contributed by atoms with van der Waals surface area (Å²) in [4.78, 5) is 17.6. The SMILES string of the molecule is CC(C)[C@H](C(=O)N1CCC(O[C@H]2CCOC2)CC1)N1CCCCC1. The number of nitrogens with zero attached hydrogens (tertiary/aromatic N) is 2. The van der Waals surface area contributed by atoms with Crippen LogP contribution in [0.15, 0.2) is 0 Å². The summed E-state index contributed by atoms with van der Waals surface area (Å²) in [6.07, 6.45) is 7.29. The van der Waals surface area contributed by atoms with Crippen molar-refractivity contribution in [3.05, 3.63) is 0 Å². The van der Waals surface area contributed by atoms with E-state index in [-0.39, 0.29) is 12.1 Å². The summed E-state index contributed by atoms with van der Waals surface area (Å²) in [5.41, 5.74) is 0. The first-order valence-corrected chi connectivity index (χ1v) is 9.91. The first-order valence-electron chi connectivity index (χ1n) is 9.91. The number of likely N-dealkylation sites (tertiary alicyclic amines) is 2. The molecule has 3 heterocycles. The quantitative estimate of drug-likeness (QED) is 0.771. The van der Waals surface area contributed by atoms with Gasteiger partial charge in [0.05, 0.1) is 24.9 Å². The summed E-state index contributed by atoms with van der Waals surface area (Å²) in [5.74, 6) is 0.717. The predicted octanol–water partition coefficient (Wildman–Crippen LogP) is 2.29. The smallest absolute Gasteiger partial charge is 0.240 e. The highest BCUT2D eigenvalue weighted by molar-refractivity contribution is 5.82. The van der Waals surface area contributed by atoms with Gasteiger partial charge in [-0.3, -0.25) is 9.69 Å². The third kappa shape index (κ3) is 4.50. The normalized spacial score (nSPS) is 28.5. The number of amides is 1. The van der Waals surface area contributed by atoms with Crippen molar-refractivity contribution in [2.75, 3.05) is 39.4 Å². The Morgan fingerprint density at radius 3 is 2.29 bits per heavy atom. The molecule has 0 saturated carbocycles. The number of rotatable bonds is 5. The number of hydrogen-bond acceptors (Lipinski definition) is 4. The number of carbonyl (C=O) groups excluding carboxylic acids is 1. The Kier molecular flexibility index (Phi) is 6.53. The first-order chi connectivity index (χ1) is 11.6. The summed E-state index contributed by atoms with van der Waals surface area (Å²) in [6.45, 7) is 9.78. The Balaban J connectivity index is 1.50. The van der Waals surface area contributed by atoms with Gasteiger partial charge < -0.3 is 14.4 Å². The van der Waals surface area contributed by atoms with Crippen molar-refractivity contribution < 1.29 is 14.3 Å². The van der Waals surface area contributed by atoms with Crippen LogP contribution in [0.3, 0.4) is 0 Å². The van der Waals surface area contributed by atoms with Crippen LogP contribution in [-0.4, -0.2) is 73.3 Å². The largest absolute Gasteiger partial charge is 0.379 e. The minimum absolute atomic E-state index is 0.0611. The molecule has 1 amide bonds. The molecule has 0 aromatic heterocycles. The molecule has 0 spiro atoms. The third-order valence-electron chi connectivity index (χ3n) is 5.70. The van der Waals surface area contributed by atoms with Gasteiger partial charge >= 0.3 is 0 Å². The number of piperidine rings is 2. The maximum atomic E-state index is 13.1. The lowest BCUT2D eigenvalue weighted by atomic mass is 9.96. The molecule has 5 heteroatoms. The predicted molar refractivity (Wildman–Crippen MR) is 94.0 cm³/mol. The van der Waals surface area contributed by atoms with Crippen LogP contribution in [0.4, 0.5) is 0 Å². The lowest BCUT2D eigenvalue weighted by Crippen LogP contribution is -2.54. The highest BCUT2D eigenvalue weighted by Gasteiger charge is 2.35. The Hall–Kier alpha value is -0.650. The van der Waals surface area contributed by atoms with Crippen molar-refractivity contribution in [1.29, 1.82) is 0 Å². The maximum absolute atomic E-state index is 13.1. The molecule has 0 aromatic carbocycles. The summed E-state index contributed by atoms with van der Waals surface area (Å²) in [7, 11) is 0. The highest BCUT2D eigenvalue weighted by Crippen LogP contribution is 2.23. The van der Waals surface area contributed by atoms with Crippen molar-refractivity contribution in [2.24, 2.45) is 5.92 Å². The van der Waals surface area contributed by atoms with Gasteiger partial charge in [-0.05, 0) is 51.1 Å². The monoisotopic (exact) mass is 338 g/mol. The molecule has 0 bridgehead atoms. The first kappa shape index (κ1) is 18.2. The van der Waals surface area contributed by atoms with E-state index in [0.29, 0.717) is 17.9 Å². The van der Waals surface area contributed by atoms with E-state index in [9.17, 15) is 4.79 Å². The van der Waals surface area contributed by atoms with Crippen LogP contribution < -0.4 is 0 Å². The Labute approximate surface area is 146 Å². The Bertz CT molecular complexity index is 395. The van der Waals surface area contributed by atoms with Gasteiger partial charge in [-0.15, -0.1) is 0 Å². The molecular formula is C19H34N2O3. The van der Waals surface area contributed by atoms with Crippen molar-refractivity contribution in [3.8, 4) is 0 Å². The average molecular weight is 338 g/mol. The van der Waals surface area contributed by atoms with Gasteiger partial charge in [0.2, 0.25) is 5.91 Å². The van der Waals surface area contributed by atoms with E-state index in [1.807, 2.05) is 0 Å². The van der Waals surface area contributed by atoms with Crippen LogP contribution in [0.25, 0.3) is 0 Å². The number of hydrogen-bond donors (Lipinski definition) is 0. The summed E-state index contributed by atoms with van der Waals surface area (Å²) < 4.78 is 11.5. The zero-order chi connectivity index (χ0) is 16.9. The van der Waals surface area contributed by atoms with Crippen LogP contribution in [-0.2, 0) is 14.3 Å². The fraction of sp³-hybridized carbons (Fsp3) is 0.947. The van der Waals surface area contributed by atoms with E-state index in [0.717, 1.165) is 58.7 Å². The van der Waals surface area contributed by atoms with E-state index >= 15 is 0 Å². The molecule has 0 unspecified atom stereocenters. The van der Waals surface area contributed by atoms with Crippen LogP contribution in [0.2, 0.25) is 0 Å². The molecule has 0 aliphatic carbocycles. The molecule has 0 aromatic rings. The van der Waals surface area contributed by atoms with Gasteiger partial charge in [0.1, 0.15) is 0 Å². The fourth-order valence-electron chi connectivity index (χ4n) is 4.35. The molecule has 138 valence electrons. The van der Waals surface area contributed by atoms with Gasteiger partial charge in [-0.1, -0.05) is 20.3 Å². The fourth-order valence-corrected chi connectivity index (χ4v) is 4.35. The van der Waals surface area contributed by atoms with Crippen LogP contribution in [0.5, 0.6) is 0 Å². The molecule has 0 radical (unpaired) electrons. The summed E-state index contributed by atoms with van der Waals surface area (Å²) in [5, 5.41) is 0. The van der Waals surface area contributed by atoms with E-state index < -0.39 is 0 Å². The second-order valence-corrected chi connectivity index (χ2v) is 7.93. The molecule has 3 rings (SSSR count). The van der Waals surface area contributed by atoms with E-state index in [4.69, 9.17) is 9.47 Å². The minimum atomic E-state index is 0.0611. The minimum Gasteiger partial charge on any atom is -0.379 e. The van der Waals surface area contributed by atoms with Crippen molar-refractivity contribution in [2.45, 2.75) is 70.6 Å². The van der Waals surface area contributed by atoms with Gasteiger partial charge in [-0.25, -0.2) is 0 Å². The molecule has 2 atom stereocenters. The molecular weight excluding hydrogens is 304 g/mol.